The molecule has 0 radical (unpaired) electrons. The summed E-state index contributed by atoms with van der Waals surface area (Å²) >= 11 is 3.16. The van der Waals surface area contributed by atoms with Crippen LogP contribution in [0.2, 0.25) is 0 Å². The summed E-state index contributed by atoms with van der Waals surface area (Å²) < 4.78 is 0. The first-order chi connectivity index (χ1) is 9.60. The summed E-state index contributed by atoms with van der Waals surface area (Å²) in [7, 11) is 2.00. The van der Waals surface area contributed by atoms with Crippen molar-refractivity contribution in [3.63, 3.8) is 0 Å². The molecule has 2 aromatic rings. The summed E-state index contributed by atoms with van der Waals surface area (Å²) in [6.45, 7) is 1.48. The quantitative estimate of drug-likeness (QED) is 0.915. The number of aliphatic hydroxyl groups is 2. The van der Waals surface area contributed by atoms with Crippen LogP contribution in [0.25, 0.3) is 0 Å². The normalized spacial score (nSPS) is 24.9. The third-order valence-electron chi connectivity index (χ3n) is 4.00. The second kappa shape index (κ2) is 5.58. The van der Waals surface area contributed by atoms with Crippen LogP contribution in [0.1, 0.15) is 16.2 Å². The van der Waals surface area contributed by atoms with Gasteiger partial charge in [0, 0.05) is 28.8 Å². The lowest BCUT2D eigenvalue weighted by Gasteiger charge is -2.42. The molecular weight excluding hydrogens is 290 g/mol. The van der Waals surface area contributed by atoms with E-state index in [9.17, 15) is 10.2 Å². The van der Waals surface area contributed by atoms with Crippen molar-refractivity contribution in [3.05, 3.63) is 44.8 Å². The molecule has 1 fully saturated rings. The third kappa shape index (κ3) is 2.44. The fraction of sp³-hybridized carbons (Fsp3) is 0.467. The SMILES string of the molecule is CN1C[C@H](O)C[C@@H](C(O)(c2cccs2)c2cccs2)C1. The predicted octanol–water partition coefficient (Wildman–Crippen LogP) is 2.36. The molecule has 0 aliphatic carbocycles. The molecule has 108 valence electrons. The number of rotatable bonds is 3. The van der Waals surface area contributed by atoms with Crippen molar-refractivity contribution >= 4 is 22.7 Å². The summed E-state index contributed by atoms with van der Waals surface area (Å²) in [5.74, 6) is 0.00792. The van der Waals surface area contributed by atoms with Crippen molar-refractivity contribution < 1.29 is 10.2 Å². The van der Waals surface area contributed by atoms with E-state index in [1.54, 1.807) is 22.7 Å². The average Bonchev–Trinajstić information content (AvgIpc) is 3.10. The minimum atomic E-state index is -0.988. The van der Waals surface area contributed by atoms with Crippen molar-refractivity contribution in [3.8, 4) is 0 Å². The number of hydrogen-bond donors (Lipinski definition) is 2. The molecule has 0 saturated carbocycles. The van der Waals surface area contributed by atoms with Gasteiger partial charge in [0.2, 0.25) is 0 Å². The van der Waals surface area contributed by atoms with Gasteiger partial charge in [0.1, 0.15) is 5.60 Å². The highest BCUT2D eigenvalue weighted by Crippen LogP contribution is 2.44. The van der Waals surface area contributed by atoms with Crippen molar-refractivity contribution in [2.45, 2.75) is 18.1 Å². The molecule has 3 nitrogen and oxygen atoms in total. The fourth-order valence-corrected chi connectivity index (χ4v) is 5.00. The van der Waals surface area contributed by atoms with Crippen LogP contribution in [0, 0.1) is 5.92 Å². The molecule has 0 aromatic carbocycles. The average molecular weight is 309 g/mol. The molecular formula is C15H19NO2S2. The van der Waals surface area contributed by atoms with Crippen molar-refractivity contribution in [1.29, 1.82) is 0 Å². The fourth-order valence-electron chi connectivity index (χ4n) is 3.11. The number of aliphatic hydroxyl groups excluding tert-OH is 1. The third-order valence-corrected chi connectivity index (χ3v) is 5.98. The molecule has 0 bridgehead atoms. The maximum atomic E-state index is 11.5. The first-order valence-electron chi connectivity index (χ1n) is 6.77. The Kier molecular flexibility index (Phi) is 3.97. The summed E-state index contributed by atoms with van der Waals surface area (Å²) in [6.07, 6.45) is 0.265. The molecule has 1 saturated heterocycles. The van der Waals surface area contributed by atoms with Gasteiger partial charge in [0.15, 0.2) is 0 Å². The van der Waals surface area contributed by atoms with Crippen LogP contribution in [0.5, 0.6) is 0 Å². The molecule has 3 heterocycles. The smallest absolute Gasteiger partial charge is 0.137 e. The lowest BCUT2D eigenvalue weighted by molar-refractivity contribution is -0.0468. The van der Waals surface area contributed by atoms with E-state index < -0.39 is 5.60 Å². The highest BCUT2D eigenvalue weighted by molar-refractivity contribution is 7.11. The van der Waals surface area contributed by atoms with Gasteiger partial charge >= 0.3 is 0 Å². The van der Waals surface area contributed by atoms with E-state index in [2.05, 4.69) is 4.90 Å². The molecule has 3 rings (SSSR count). The molecule has 0 unspecified atom stereocenters. The molecule has 0 spiro atoms. The molecule has 2 N–H and O–H groups in total. The van der Waals surface area contributed by atoms with Gasteiger partial charge in [-0.3, -0.25) is 0 Å². The lowest BCUT2D eigenvalue weighted by atomic mass is 9.78. The van der Waals surface area contributed by atoms with Gasteiger partial charge in [0.25, 0.3) is 0 Å². The van der Waals surface area contributed by atoms with Gasteiger partial charge in [-0.2, -0.15) is 0 Å². The molecule has 5 heteroatoms. The van der Waals surface area contributed by atoms with E-state index in [0.717, 1.165) is 16.3 Å². The number of hydrogen-bond acceptors (Lipinski definition) is 5. The minimum absolute atomic E-state index is 0.00792. The molecule has 2 atom stereocenters. The van der Waals surface area contributed by atoms with Crippen molar-refractivity contribution in [2.24, 2.45) is 5.92 Å². The summed E-state index contributed by atoms with van der Waals surface area (Å²) in [5, 5.41) is 25.5. The highest BCUT2D eigenvalue weighted by atomic mass is 32.1. The molecule has 0 amide bonds. The van der Waals surface area contributed by atoms with E-state index in [4.69, 9.17) is 0 Å². The Hall–Kier alpha value is -0.720. The zero-order valence-electron chi connectivity index (χ0n) is 11.4. The standard InChI is InChI=1S/C15H19NO2S2/c1-16-9-11(8-12(17)10-16)15(18,13-4-2-6-19-13)14-5-3-7-20-14/h2-7,11-12,17-18H,8-10H2,1H3/t11-,12-/m1/s1. The molecule has 1 aliphatic heterocycles. The topological polar surface area (TPSA) is 43.7 Å². The minimum Gasteiger partial charge on any atom is -0.392 e. The second-order valence-electron chi connectivity index (χ2n) is 5.53. The lowest BCUT2D eigenvalue weighted by Crippen LogP contribution is -2.49. The predicted molar refractivity (Wildman–Crippen MR) is 83.2 cm³/mol. The van der Waals surface area contributed by atoms with Gasteiger partial charge in [-0.15, -0.1) is 22.7 Å². The van der Waals surface area contributed by atoms with Crippen LogP contribution in [-0.2, 0) is 5.60 Å². The Morgan fingerprint density at radius 1 is 1.15 bits per heavy atom. The second-order valence-corrected chi connectivity index (χ2v) is 7.42. The van der Waals surface area contributed by atoms with E-state index in [1.807, 2.05) is 42.1 Å². The van der Waals surface area contributed by atoms with Crippen molar-refractivity contribution in [1.82, 2.24) is 4.90 Å². The maximum absolute atomic E-state index is 11.5. The molecule has 1 aliphatic rings. The maximum Gasteiger partial charge on any atom is 0.137 e. The van der Waals surface area contributed by atoms with Crippen LogP contribution in [0.15, 0.2) is 35.0 Å². The van der Waals surface area contributed by atoms with Crippen LogP contribution in [0.4, 0.5) is 0 Å². The summed E-state index contributed by atoms with van der Waals surface area (Å²) in [4.78, 5) is 4.03. The Bertz CT molecular complexity index is 494. The zero-order valence-corrected chi connectivity index (χ0v) is 13.0. The van der Waals surface area contributed by atoms with Gasteiger partial charge in [-0.05, 0) is 36.4 Å². The summed E-state index contributed by atoms with van der Waals surface area (Å²) in [5.41, 5.74) is -0.988. The van der Waals surface area contributed by atoms with Gasteiger partial charge < -0.3 is 15.1 Å². The monoisotopic (exact) mass is 309 g/mol. The first kappa shape index (κ1) is 14.2. The van der Waals surface area contributed by atoms with Crippen molar-refractivity contribution in [2.75, 3.05) is 20.1 Å². The zero-order chi connectivity index (χ0) is 14.2. The Morgan fingerprint density at radius 2 is 1.75 bits per heavy atom. The van der Waals surface area contributed by atoms with Crippen LogP contribution < -0.4 is 0 Å². The van der Waals surface area contributed by atoms with E-state index in [0.29, 0.717) is 13.0 Å². The highest BCUT2D eigenvalue weighted by Gasteiger charge is 2.44. The summed E-state index contributed by atoms with van der Waals surface area (Å²) in [6, 6.07) is 7.93. The van der Waals surface area contributed by atoms with E-state index in [1.165, 1.54) is 0 Å². The van der Waals surface area contributed by atoms with Crippen LogP contribution in [0.3, 0.4) is 0 Å². The van der Waals surface area contributed by atoms with E-state index in [-0.39, 0.29) is 12.0 Å². The van der Waals surface area contributed by atoms with Gasteiger partial charge in [0.05, 0.1) is 6.10 Å². The van der Waals surface area contributed by atoms with Gasteiger partial charge in [-0.25, -0.2) is 0 Å². The number of piperidine rings is 1. The van der Waals surface area contributed by atoms with Gasteiger partial charge in [-0.1, -0.05) is 12.1 Å². The number of likely N-dealkylation sites (tertiary alicyclic amines) is 1. The van der Waals surface area contributed by atoms with Crippen LogP contribution in [-0.4, -0.2) is 41.4 Å². The number of nitrogens with zero attached hydrogens (tertiary/aromatic N) is 1. The number of thiophene rings is 2. The molecule has 2 aromatic heterocycles. The Morgan fingerprint density at radius 3 is 2.20 bits per heavy atom. The number of likely N-dealkylation sites (N-methyl/N-ethyl adjacent to an activating group) is 1. The Balaban J connectivity index is 2.02. The van der Waals surface area contributed by atoms with E-state index >= 15 is 0 Å². The first-order valence-corrected chi connectivity index (χ1v) is 8.53. The largest absolute Gasteiger partial charge is 0.392 e. The molecule has 20 heavy (non-hydrogen) atoms. The Labute approximate surface area is 127 Å². The number of β-amino-alcohol motifs (C(OH)–C–C–N with tert-alkyl or cyclic N) is 1. The van der Waals surface area contributed by atoms with Crippen LogP contribution >= 0.6 is 22.7 Å².